The van der Waals surface area contributed by atoms with Gasteiger partial charge in [-0.05, 0) is 48.4 Å². The SMILES string of the molecule is COc1ccc(S(=O)(=O)N2CCOCC2)cc1CCC(=O)Nc1ccc(F)c(Cl)c1. The van der Waals surface area contributed by atoms with Crippen molar-refractivity contribution in [3.05, 3.63) is 52.8 Å². The Labute approximate surface area is 179 Å². The second kappa shape index (κ2) is 9.74. The van der Waals surface area contributed by atoms with E-state index in [0.29, 0.717) is 43.3 Å². The van der Waals surface area contributed by atoms with Gasteiger partial charge in [0, 0.05) is 25.2 Å². The number of hydrogen-bond donors (Lipinski definition) is 1. The third-order valence-electron chi connectivity index (χ3n) is 4.68. The lowest BCUT2D eigenvalue weighted by Crippen LogP contribution is -2.40. The predicted molar refractivity (Wildman–Crippen MR) is 111 cm³/mol. The number of sulfonamides is 1. The number of carbonyl (C=O) groups excluding carboxylic acids is 1. The number of ether oxygens (including phenoxy) is 2. The fourth-order valence-corrected chi connectivity index (χ4v) is 4.73. The Balaban J connectivity index is 1.72. The molecule has 162 valence electrons. The summed E-state index contributed by atoms with van der Waals surface area (Å²) in [7, 11) is -2.18. The van der Waals surface area contributed by atoms with Crippen molar-refractivity contribution in [2.75, 3.05) is 38.7 Å². The first-order chi connectivity index (χ1) is 14.3. The van der Waals surface area contributed by atoms with Crippen molar-refractivity contribution in [3.63, 3.8) is 0 Å². The summed E-state index contributed by atoms with van der Waals surface area (Å²) in [5.74, 6) is -0.396. The smallest absolute Gasteiger partial charge is 0.243 e. The van der Waals surface area contributed by atoms with Crippen LogP contribution in [-0.4, -0.2) is 52.0 Å². The van der Waals surface area contributed by atoms with Crippen molar-refractivity contribution in [1.29, 1.82) is 0 Å². The van der Waals surface area contributed by atoms with Crippen molar-refractivity contribution in [1.82, 2.24) is 4.31 Å². The Kier molecular flexibility index (Phi) is 7.30. The van der Waals surface area contributed by atoms with Gasteiger partial charge in [-0.15, -0.1) is 0 Å². The number of hydrogen-bond acceptors (Lipinski definition) is 5. The number of carbonyl (C=O) groups is 1. The van der Waals surface area contributed by atoms with Crippen LogP contribution in [0.1, 0.15) is 12.0 Å². The molecule has 1 fully saturated rings. The van der Waals surface area contributed by atoms with Crippen molar-refractivity contribution in [3.8, 4) is 5.75 Å². The molecule has 0 saturated carbocycles. The van der Waals surface area contributed by atoms with Crippen LogP contribution in [0.4, 0.5) is 10.1 Å². The summed E-state index contributed by atoms with van der Waals surface area (Å²) in [6, 6.07) is 8.51. The van der Waals surface area contributed by atoms with Crippen LogP contribution >= 0.6 is 11.6 Å². The number of methoxy groups -OCH3 is 1. The highest BCUT2D eigenvalue weighted by Crippen LogP contribution is 2.26. The summed E-state index contributed by atoms with van der Waals surface area (Å²) in [5.41, 5.74) is 0.973. The zero-order valence-corrected chi connectivity index (χ0v) is 17.9. The van der Waals surface area contributed by atoms with Crippen LogP contribution in [0.25, 0.3) is 0 Å². The lowest BCUT2D eigenvalue weighted by molar-refractivity contribution is -0.116. The molecule has 1 aliphatic heterocycles. The van der Waals surface area contributed by atoms with Gasteiger partial charge in [0.05, 0.1) is 30.2 Å². The monoisotopic (exact) mass is 456 g/mol. The first kappa shape index (κ1) is 22.5. The summed E-state index contributed by atoms with van der Waals surface area (Å²) in [4.78, 5) is 12.4. The normalized spacial score (nSPS) is 15.0. The van der Waals surface area contributed by atoms with Gasteiger partial charge >= 0.3 is 0 Å². The zero-order chi connectivity index (χ0) is 21.7. The van der Waals surface area contributed by atoms with E-state index in [4.69, 9.17) is 21.1 Å². The standard InChI is InChI=1S/C20H22ClFN2O5S/c1-28-19-6-4-16(30(26,27)24-8-10-29-11-9-24)12-14(19)2-7-20(25)23-15-3-5-18(22)17(21)13-15/h3-6,12-13H,2,7-11H2,1H3,(H,23,25). The third-order valence-corrected chi connectivity index (χ3v) is 6.87. The Bertz CT molecular complexity index is 1030. The number of nitrogens with zero attached hydrogens (tertiary/aromatic N) is 1. The first-order valence-corrected chi connectivity index (χ1v) is 11.1. The number of amides is 1. The summed E-state index contributed by atoms with van der Waals surface area (Å²) in [6.45, 7) is 1.31. The number of anilines is 1. The van der Waals surface area contributed by atoms with Crippen LogP contribution in [0.3, 0.4) is 0 Å². The third kappa shape index (κ3) is 5.28. The quantitative estimate of drug-likeness (QED) is 0.692. The molecule has 0 bridgehead atoms. The average Bonchev–Trinajstić information content (AvgIpc) is 2.75. The van der Waals surface area contributed by atoms with Gasteiger partial charge in [0.1, 0.15) is 11.6 Å². The van der Waals surface area contributed by atoms with Gasteiger partial charge in [0.25, 0.3) is 0 Å². The Morgan fingerprint density at radius 2 is 1.97 bits per heavy atom. The minimum absolute atomic E-state index is 0.0758. The van der Waals surface area contributed by atoms with E-state index in [1.54, 1.807) is 6.07 Å². The summed E-state index contributed by atoms with van der Waals surface area (Å²) in [5, 5.41) is 2.56. The van der Waals surface area contributed by atoms with E-state index in [0.717, 1.165) is 0 Å². The summed E-state index contributed by atoms with van der Waals surface area (Å²) >= 11 is 5.72. The summed E-state index contributed by atoms with van der Waals surface area (Å²) in [6.07, 6.45) is 0.336. The highest BCUT2D eigenvalue weighted by Gasteiger charge is 2.27. The van der Waals surface area contributed by atoms with E-state index < -0.39 is 15.8 Å². The molecule has 0 aromatic heterocycles. The minimum atomic E-state index is -3.66. The topological polar surface area (TPSA) is 84.9 Å². The molecule has 1 N–H and O–H groups in total. The molecule has 2 aromatic rings. The molecule has 1 amide bonds. The molecule has 0 aliphatic carbocycles. The molecule has 1 aliphatic rings. The molecule has 7 nitrogen and oxygen atoms in total. The van der Waals surface area contributed by atoms with Gasteiger partial charge in [0.2, 0.25) is 15.9 Å². The van der Waals surface area contributed by atoms with Gasteiger partial charge in [-0.3, -0.25) is 4.79 Å². The van der Waals surface area contributed by atoms with E-state index in [-0.39, 0.29) is 28.7 Å². The lowest BCUT2D eigenvalue weighted by Gasteiger charge is -2.26. The van der Waals surface area contributed by atoms with Crippen LogP contribution in [0.2, 0.25) is 5.02 Å². The van der Waals surface area contributed by atoms with Crippen molar-refractivity contribution < 1.29 is 27.1 Å². The summed E-state index contributed by atoms with van der Waals surface area (Å²) < 4.78 is 50.9. The Morgan fingerprint density at radius 3 is 2.63 bits per heavy atom. The first-order valence-electron chi connectivity index (χ1n) is 9.31. The molecule has 1 saturated heterocycles. The fraction of sp³-hybridized carbons (Fsp3) is 0.350. The van der Waals surface area contributed by atoms with E-state index in [1.807, 2.05) is 0 Å². The number of rotatable bonds is 7. The van der Waals surface area contributed by atoms with Gasteiger partial charge in [0.15, 0.2) is 0 Å². The van der Waals surface area contributed by atoms with E-state index in [1.165, 1.54) is 41.7 Å². The Morgan fingerprint density at radius 1 is 1.23 bits per heavy atom. The molecule has 10 heteroatoms. The van der Waals surface area contributed by atoms with Crippen LogP contribution < -0.4 is 10.1 Å². The molecule has 0 unspecified atom stereocenters. The Hall–Kier alpha value is -2.20. The highest BCUT2D eigenvalue weighted by molar-refractivity contribution is 7.89. The van der Waals surface area contributed by atoms with E-state index in [9.17, 15) is 17.6 Å². The molecular weight excluding hydrogens is 435 g/mol. The molecule has 0 atom stereocenters. The van der Waals surface area contributed by atoms with Crippen LogP contribution in [0.5, 0.6) is 5.75 Å². The maximum Gasteiger partial charge on any atom is 0.243 e. The molecular formula is C20H22ClFN2O5S. The van der Waals surface area contributed by atoms with Crippen molar-refractivity contribution >= 4 is 33.2 Å². The predicted octanol–water partition coefficient (Wildman–Crippen LogP) is 3.08. The molecule has 0 radical (unpaired) electrons. The fourth-order valence-electron chi connectivity index (χ4n) is 3.09. The average molecular weight is 457 g/mol. The number of halogens is 2. The van der Waals surface area contributed by atoms with E-state index >= 15 is 0 Å². The van der Waals surface area contributed by atoms with Gasteiger partial charge in [-0.25, -0.2) is 12.8 Å². The van der Waals surface area contributed by atoms with Crippen LogP contribution in [0.15, 0.2) is 41.3 Å². The number of aryl methyl sites for hydroxylation is 1. The second-order valence-electron chi connectivity index (χ2n) is 6.67. The van der Waals surface area contributed by atoms with Gasteiger partial charge in [-0.1, -0.05) is 11.6 Å². The van der Waals surface area contributed by atoms with Gasteiger partial charge < -0.3 is 14.8 Å². The molecule has 0 spiro atoms. The number of morpholine rings is 1. The molecule has 1 heterocycles. The molecule has 3 rings (SSSR count). The van der Waals surface area contributed by atoms with Crippen LogP contribution in [0, 0.1) is 5.82 Å². The second-order valence-corrected chi connectivity index (χ2v) is 9.01. The van der Waals surface area contributed by atoms with Crippen molar-refractivity contribution in [2.24, 2.45) is 0 Å². The van der Waals surface area contributed by atoms with Gasteiger partial charge in [-0.2, -0.15) is 4.31 Å². The van der Waals surface area contributed by atoms with Crippen molar-refractivity contribution in [2.45, 2.75) is 17.7 Å². The highest BCUT2D eigenvalue weighted by atomic mass is 35.5. The lowest BCUT2D eigenvalue weighted by atomic mass is 10.1. The van der Waals surface area contributed by atoms with Crippen LogP contribution in [-0.2, 0) is 26.0 Å². The number of benzene rings is 2. The maximum absolute atomic E-state index is 13.2. The minimum Gasteiger partial charge on any atom is -0.496 e. The molecule has 30 heavy (non-hydrogen) atoms. The van der Waals surface area contributed by atoms with E-state index in [2.05, 4.69) is 5.32 Å². The number of nitrogens with one attached hydrogen (secondary N) is 1. The maximum atomic E-state index is 13.2. The largest absolute Gasteiger partial charge is 0.496 e. The zero-order valence-electron chi connectivity index (χ0n) is 16.4. The molecule has 2 aromatic carbocycles.